The molecule has 2 aromatic carbocycles. The molecule has 3 nitrogen and oxygen atoms in total. The molecule has 0 aromatic heterocycles. The van der Waals surface area contributed by atoms with Crippen LogP contribution in [0.3, 0.4) is 0 Å². The molecule has 0 spiro atoms. The fourth-order valence-electron chi connectivity index (χ4n) is 2.45. The molecule has 0 saturated heterocycles. The van der Waals surface area contributed by atoms with Gasteiger partial charge in [-0.2, -0.15) is 0 Å². The van der Waals surface area contributed by atoms with Gasteiger partial charge in [0.05, 0.1) is 17.3 Å². The van der Waals surface area contributed by atoms with Crippen molar-refractivity contribution in [2.45, 2.75) is 32.6 Å². The molecule has 0 bridgehead atoms. The van der Waals surface area contributed by atoms with E-state index in [1.165, 1.54) is 19.3 Å². The maximum absolute atomic E-state index is 6.14. The smallest absolute Gasteiger partial charge is 0.121 e. The van der Waals surface area contributed by atoms with Crippen LogP contribution in [0.5, 0.6) is 5.75 Å². The van der Waals surface area contributed by atoms with Crippen LogP contribution in [0.1, 0.15) is 32.6 Å². The van der Waals surface area contributed by atoms with E-state index >= 15 is 0 Å². The van der Waals surface area contributed by atoms with Gasteiger partial charge in [0.1, 0.15) is 5.75 Å². The highest BCUT2D eigenvalue weighted by Gasteiger charge is 2.01. The molecule has 2 N–H and O–H groups in total. The molecule has 136 valence electrons. The van der Waals surface area contributed by atoms with Crippen molar-refractivity contribution in [3.8, 4) is 5.75 Å². The lowest BCUT2D eigenvalue weighted by Crippen LogP contribution is -2.13. The van der Waals surface area contributed by atoms with Crippen molar-refractivity contribution in [2.75, 3.05) is 30.3 Å². The second-order valence-corrected chi connectivity index (χ2v) is 6.76. The predicted molar refractivity (Wildman–Crippen MR) is 110 cm³/mol. The Morgan fingerprint density at radius 1 is 0.920 bits per heavy atom. The number of benzene rings is 2. The number of unbranched alkanes of at least 4 members (excludes halogenated alkanes) is 3. The van der Waals surface area contributed by atoms with Gasteiger partial charge in [0, 0.05) is 29.9 Å². The van der Waals surface area contributed by atoms with Crippen LogP contribution < -0.4 is 15.4 Å². The number of ether oxygens (including phenoxy) is 1. The minimum atomic E-state index is 0.631. The van der Waals surface area contributed by atoms with Crippen LogP contribution >= 0.6 is 23.2 Å². The van der Waals surface area contributed by atoms with Crippen LogP contribution in [-0.4, -0.2) is 19.7 Å². The summed E-state index contributed by atoms with van der Waals surface area (Å²) in [7, 11) is 0. The van der Waals surface area contributed by atoms with Crippen molar-refractivity contribution in [2.24, 2.45) is 0 Å². The van der Waals surface area contributed by atoms with Crippen molar-refractivity contribution in [3.63, 3.8) is 0 Å². The Balaban J connectivity index is 1.70. The van der Waals surface area contributed by atoms with Crippen molar-refractivity contribution in [1.29, 1.82) is 0 Å². The van der Waals surface area contributed by atoms with Crippen LogP contribution in [0.4, 0.5) is 11.4 Å². The highest BCUT2D eigenvalue weighted by Crippen LogP contribution is 2.25. The van der Waals surface area contributed by atoms with Gasteiger partial charge in [0.15, 0.2) is 0 Å². The minimum Gasteiger partial charge on any atom is -0.494 e. The molecule has 0 amide bonds. The number of anilines is 2. The molecule has 0 radical (unpaired) electrons. The Morgan fingerprint density at radius 3 is 2.56 bits per heavy atom. The monoisotopic (exact) mass is 380 g/mol. The third-order valence-electron chi connectivity index (χ3n) is 3.80. The second-order valence-electron chi connectivity index (χ2n) is 5.91. The van der Waals surface area contributed by atoms with Crippen LogP contribution in [0, 0.1) is 0 Å². The highest BCUT2D eigenvalue weighted by molar-refractivity contribution is 6.36. The number of hydrogen-bond donors (Lipinski definition) is 2. The van der Waals surface area contributed by atoms with Gasteiger partial charge in [0.25, 0.3) is 0 Å². The first kappa shape index (κ1) is 19.7. The molecular formula is C20H26Cl2N2O. The molecule has 0 fully saturated rings. The van der Waals surface area contributed by atoms with Crippen LogP contribution in [0.25, 0.3) is 0 Å². The molecule has 0 aliphatic carbocycles. The minimum absolute atomic E-state index is 0.631. The summed E-state index contributed by atoms with van der Waals surface area (Å²) in [5.74, 6) is 0.912. The lowest BCUT2D eigenvalue weighted by atomic mass is 10.2. The molecule has 0 unspecified atom stereocenters. The number of hydrogen-bond acceptors (Lipinski definition) is 3. The van der Waals surface area contributed by atoms with E-state index in [4.69, 9.17) is 27.9 Å². The lowest BCUT2D eigenvalue weighted by Gasteiger charge is -2.12. The summed E-state index contributed by atoms with van der Waals surface area (Å²) in [5.41, 5.74) is 1.94. The van der Waals surface area contributed by atoms with Gasteiger partial charge >= 0.3 is 0 Å². The van der Waals surface area contributed by atoms with Crippen molar-refractivity contribution < 1.29 is 4.74 Å². The van der Waals surface area contributed by atoms with E-state index in [0.29, 0.717) is 10.0 Å². The van der Waals surface area contributed by atoms with Gasteiger partial charge in [-0.15, -0.1) is 0 Å². The Kier molecular flexibility index (Phi) is 8.78. The predicted octanol–water partition coefficient (Wildman–Crippen LogP) is 6.48. The number of halogens is 2. The topological polar surface area (TPSA) is 33.3 Å². The summed E-state index contributed by atoms with van der Waals surface area (Å²) in [4.78, 5) is 0. The molecule has 2 rings (SSSR count). The van der Waals surface area contributed by atoms with Crippen molar-refractivity contribution >= 4 is 34.6 Å². The van der Waals surface area contributed by atoms with Gasteiger partial charge in [-0.1, -0.05) is 55.5 Å². The van der Waals surface area contributed by atoms with Crippen molar-refractivity contribution in [3.05, 3.63) is 52.5 Å². The van der Waals surface area contributed by atoms with E-state index in [9.17, 15) is 0 Å². The molecule has 5 heteroatoms. The van der Waals surface area contributed by atoms with E-state index in [1.54, 1.807) is 6.07 Å². The summed E-state index contributed by atoms with van der Waals surface area (Å²) >= 11 is 12.0. The lowest BCUT2D eigenvalue weighted by molar-refractivity contribution is 0.305. The summed E-state index contributed by atoms with van der Waals surface area (Å²) in [6.07, 6.45) is 4.86. The third-order valence-corrected chi connectivity index (χ3v) is 4.35. The molecule has 0 aliphatic rings. The van der Waals surface area contributed by atoms with Crippen LogP contribution in [0.2, 0.25) is 10.0 Å². The largest absolute Gasteiger partial charge is 0.494 e. The zero-order chi connectivity index (χ0) is 17.9. The number of rotatable bonds is 11. The summed E-state index contributed by atoms with van der Waals surface area (Å²) < 4.78 is 5.81. The molecule has 0 heterocycles. The second kappa shape index (κ2) is 11.1. The highest BCUT2D eigenvalue weighted by atomic mass is 35.5. The molecule has 0 atom stereocenters. The Hall–Kier alpha value is -1.58. The fourth-order valence-corrected chi connectivity index (χ4v) is 2.93. The molecule has 25 heavy (non-hydrogen) atoms. The SMILES string of the molecule is CCCCCCOc1cccc(NCCNc2ccc(Cl)cc2Cl)c1. The number of nitrogens with one attached hydrogen (secondary N) is 2. The van der Waals surface area contributed by atoms with Crippen LogP contribution in [-0.2, 0) is 0 Å². The molecule has 0 saturated carbocycles. The van der Waals surface area contributed by atoms with Crippen molar-refractivity contribution in [1.82, 2.24) is 0 Å². The molecule has 0 aliphatic heterocycles. The first-order valence-electron chi connectivity index (χ1n) is 8.84. The Morgan fingerprint density at radius 2 is 1.76 bits per heavy atom. The summed E-state index contributed by atoms with van der Waals surface area (Å²) in [5, 5.41) is 7.95. The van der Waals surface area contributed by atoms with Gasteiger partial charge in [-0.05, 0) is 36.8 Å². The van der Waals surface area contributed by atoms with E-state index in [0.717, 1.165) is 43.2 Å². The van der Waals surface area contributed by atoms with Gasteiger partial charge in [-0.25, -0.2) is 0 Å². The maximum atomic E-state index is 6.14. The summed E-state index contributed by atoms with van der Waals surface area (Å²) in [6.45, 7) is 4.52. The maximum Gasteiger partial charge on any atom is 0.121 e. The Bertz CT molecular complexity index is 649. The average molecular weight is 381 g/mol. The third kappa shape index (κ3) is 7.45. The van der Waals surface area contributed by atoms with Gasteiger partial charge in [-0.3, -0.25) is 0 Å². The van der Waals surface area contributed by atoms with Crippen LogP contribution in [0.15, 0.2) is 42.5 Å². The summed E-state index contributed by atoms with van der Waals surface area (Å²) in [6, 6.07) is 13.5. The normalized spacial score (nSPS) is 10.5. The fraction of sp³-hybridized carbons (Fsp3) is 0.400. The van der Waals surface area contributed by atoms with Gasteiger partial charge < -0.3 is 15.4 Å². The Labute approximate surface area is 160 Å². The zero-order valence-electron chi connectivity index (χ0n) is 14.7. The molecule has 2 aromatic rings. The van der Waals surface area contributed by atoms with E-state index in [2.05, 4.69) is 17.6 Å². The first-order valence-corrected chi connectivity index (χ1v) is 9.60. The first-order chi connectivity index (χ1) is 12.2. The molecular weight excluding hydrogens is 355 g/mol. The van der Waals surface area contributed by atoms with E-state index in [1.807, 2.05) is 36.4 Å². The average Bonchev–Trinajstić information content (AvgIpc) is 2.60. The standard InChI is InChI=1S/C20H26Cl2N2O/c1-2-3-4-5-13-25-18-8-6-7-17(15-18)23-11-12-24-20-10-9-16(21)14-19(20)22/h6-10,14-15,23-24H,2-5,11-13H2,1H3. The quantitative estimate of drug-likeness (QED) is 0.437. The zero-order valence-corrected chi connectivity index (χ0v) is 16.2. The van der Waals surface area contributed by atoms with Gasteiger partial charge in [0.2, 0.25) is 0 Å². The van der Waals surface area contributed by atoms with E-state index < -0.39 is 0 Å². The van der Waals surface area contributed by atoms with E-state index in [-0.39, 0.29) is 0 Å².